The first kappa shape index (κ1) is 19.5. The zero-order chi connectivity index (χ0) is 16.5. The Bertz CT molecular complexity index is 602. The molecule has 3 N–H and O–H groups in total. The Hall–Kier alpha value is -1.59. The number of nitrogens with one attached hydrogen (secondary N) is 1. The summed E-state index contributed by atoms with van der Waals surface area (Å²) in [6.07, 6.45) is 0.250. The number of nitrogens with zero attached hydrogens (tertiary/aromatic N) is 1. The Morgan fingerprint density at radius 3 is 2.65 bits per heavy atom. The first-order valence-corrected chi connectivity index (χ1v) is 7.64. The number of nitrogens with two attached hydrogens (primary N) is 1. The van der Waals surface area contributed by atoms with E-state index in [1.54, 1.807) is 4.90 Å². The van der Waals surface area contributed by atoms with E-state index in [1.807, 2.05) is 45.9 Å². The normalized spacial score (nSPS) is 17.9. The monoisotopic (exact) mass is 339 g/mol. The second-order valence-electron chi connectivity index (χ2n) is 6.70. The Balaban J connectivity index is 0.00000264. The van der Waals surface area contributed by atoms with Gasteiger partial charge in [0.05, 0.1) is 5.92 Å². The molecule has 0 spiro atoms. The summed E-state index contributed by atoms with van der Waals surface area (Å²) >= 11 is 0. The van der Waals surface area contributed by atoms with E-state index in [2.05, 4.69) is 5.32 Å². The molecule has 1 saturated heterocycles. The van der Waals surface area contributed by atoms with Crippen molar-refractivity contribution in [3.63, 3.8) is 0 Å². The van der Waals surface area contributed by atoms with Crippen molar-refractivity contribution in [3.05, 3.63) is 29.3 Å². The minimum Gasteiger partial charge on any atom is -0.350 e. The van der Waals surface area contributed by atoms with Crippen molar-refractivity contribution in [1.29, 1.82) is 0 Å². The Kier molecular flexibility index (Phi) is 6.19. The maximum atomic E-state index is 12.3. The molecule has 1 unspecified atom stereocenters. The Morgan fingerprint density at radius 1 is 1.39 bits per heavy atom. The van der Waals surface area contributed by atoms with Crippen LogP contribution in [0.1, 0.15) is 31.4 Å². The minimum absolute atomic E-state index is 0. The molecular weight excluding hydrogens is 314 g/mol. The number of hydrogen-bond donors (Lipinski definition) is 2. The van der Waals surface area contributed by atoms with E-state index >= 15 is 0 Å². The number of hydrogen-bond acceptors (Lipinski definition) is 3. The van der Waals surface area contributed by atoms with Crippen molar-refractivity contribution < 1.29 is 9.59 Å². The average Bonchev–Trinajstić information content (AvgIpc) is 2.83. The molecule has 23 heavy (non-hydrogen) atoms. The van der Waals surface area contributed by atoms with Crippen LogP contribution in [0.5, 0.6) is 0 Å². The van der Waals surface area contributed by atoms with Gasteiger partial charge < -0.3 is 16.0 Å². The summed E-state index contributed by atoms with van der Waals surface area (Å²) in [6.45, 7) is 8.57. The smallest absolute Gasteiger partial charge is 0.227 e. The third-order valence-electron chi connectivity index (χ3n) is 4.33. The lowest BCUT2D eigenvalue weighted by molar-refractivity contribution is -0.127. The minimum atomic E-state index is -0.452. The standard InChI is InChI=1S/C17H25N3O2.ClH/c1-11-6-5-7-14(12(11)2)20-9-13(8-15(20)21)16(22)19-17(3,4)10-18;/h5-7,13H,8-10,18H2,1-4H3,(H,19,22);1H. The average molecular weight is 340 g/mol. The molecule has 1 aromatic carbocycles. The van der Waals surface area contributed by atoms with E-state index < -0.39 is 5.54 Å². The van der Waals surface area contributed by atoms with Gasteiger partial charge in [0, 0.05) is 30.7 Å². The Morgan fingerprint density at radius 2 is 2.04 bits per heavy atom. The predicted molar refractivity (Wildman–Crippen MR) is 94.9 cm³/mol. The molecule has 1 fully saturated rings. The van der Waals surface area contributed by atoms with Gasteiger partial charge in [-0.05, 0) is 44.9 Å². The molecule has 1 aliphatic rings. The molecule has 6 heteroatoms. The Labute approximate surface area is 144 Å². The second kappa shape index (κ2) is 7.32. The molecule has 1 heterocycles. The van der Waals surface area contributed by atoms with Crippen molar-refractivity contribution >= 4 is 29.9 Å². The molecule has 0 bridgehead atoms. The van der Waals surface area contributed by atoms with Crippen LogP contribution in [0.3, 0.4) is 0 Å². The SMILES string of the molecule is Cc1cccc(N2CC(C(=O)NC(C)(C)CN)CC2=O)c1C.Cl. The van der Waals surface area contributed by atoms with Gasteiger partial charge in [-0.3, -0.25) is 9.59 Å². The van der Waals surface area contributed by atoms with Crippen LogP contribution in [0.15, 0.2) is 18.2 Å². The molecule has 5 nitrogen and oxygen atoms in total. The van der Waals surface area contributed by atoms with Gasteiger partial charge >= 0.3 is 0 Å². The van der Waals surface area contributed by atoms with Crippen molar-refractivity contribution in [3.8, 4) is 0 Å². The molecule has 0 saturated carbocycles. The van der Waals surface area contributed by atoms with Gasteiger partial charge in [0.15, 0.2) is 0 Å². The van der Waals surface area contributed by atoms with Crippen LogP contribution in [-0.2, 0) is 9.59 Å². The van der Waals surface area contributed by atoms with Crippen molar-refractivity contribution in [2.75, 3.05) is 18.0 Å². The van der Waals surface area contributed by atoms with Crippen LogP contribution in [0.2, 0.25) is 0 Å². The third kappa shape index (κ3) is 4.24. The van der Waals surface area contributed by atoms with Gasteiger partial charge in [0.2, 0.25) is 11.8 Å². The summed E-state index contributed by atoms with van der Waals surface area (Å²) < 4.78 is 0. The van der Waals surface area contributed by atoms with E-state index in [-0.39, 0.29) is 36.6 Å². The highest BCUT2D eigenvalue weighted by atomic mass is 35.5. The third-order valence-corrected chi connectivity index (χ3v) is 4.33. The molecule has 1 atom stereocenters. The molecule has 1 aliphatic heterocycles. The van der Waals surface area contributed by atoms with Crippen LogP contribution < -0.4 is 16.0 Å². The summed E-state index contributed by atoms with van der Waals surface area (Å²) in [5, 5.41) is 2.92. The maximum Gasteiger partial charge on any atom is 0.227 e. The number of halogens is 1. The van der Waals surface area contributed by atoms with Crippen LogP contribution in [0.25, 0.3) is 0 Å². The highest BCUT2D eigenvalue weighted by molar-refractivity contribution is 6.01. The number of carbonyl (C=O) groups excluding carboxylic acids is 2. The van der Waals surface area contributed by atoms with Crippen LogP contribution >= 0.6 is 12.4 Å². The molecule has 0 aliphatic carbocycles. The second-order valence-corrected chi connectivity index (χ2v) is 6.70. The summed E-state index contributed by atoms with van der Waals surface area (Å²) in [5.41, 5.74) is 8.32. The summed E-state index contributed by atoms with van der Waals surface area (Å²) in [7, 11) is 0. The quantitative estimate of drug-likeness (QED) is 0.880. The van der Waals surface area contributed by atoms with Gasteiger partial charge in [-0.25, -0.2) is 0 Å². The molecule has 1 aromatic rings. The van der Waals surface area contributed by atoms with Gasteiger partial charge in [0.1, 0.15) is 0 Å². The summed E-state index contributed by atoms with van der Waals surface area (Å²) in [4.78, 5) is 26.4. The molecule has 2 rings (SSSR count). The van der Waals surface area contributed by atoms with Gasteiger partial charge in [-0.2, -0.15) is 0 Å². The van der Waals surface area contributed by atoms with E-state index in [0.717, 1.165) is 16.8 Å². The first-order chi connectivity index (χ1) is 10.2. The van der Waals surface area contributed by atoms with Gasteiger partial charge in [0.25, 0.3) is 0 Å². The van der Waals surface area contributed by atoms with E-state index in [4.69, 9.17) is 5.73 Å². The van der Waals surface area contributed by atoms with E-state index in [9.17, 15) is 9.59 Å². The highest BCUT2D eigenvalue weighted by Gasteiger charge is 2.37. The lowest BCUT2D eigenvalue weighted by Crippen LogP contribution is -2.51. The van der Waals surface area contributed by atoms with E-state index in [1.165, 1.54) is 0 Å². The maximum absolute atomic E-state index is 12.3. The highest BCUT2D eigenvalue weighted by Crippen LogP contribution is 2.29. The predicted octanol–water partition coefficient (Wildman–Crippen LogP) is 1.93. The largest absolute Gasteiger partial charge is 0.350 e. The van der Waals surface area contributed by atoms with Crippen LogP contribution in [0, 0.1) is 19.8 Å². The zero-order valence-electron chi connectivity index (χ0n) is 14.2. The van der Waals surface area contributed by atoms with Gasteiger partial charge in [-0.15, -0.1) is 12.4 Å². The molecular formula is C17H26ClN3O2. The van der Waals surface area contributed by atoms with E-state index in [0.29, 0.717) is 13.1 Å². The fourth-order valence-electron chi connectivity index (χ4n) is 2.63. The number of rotatable bonds is 4. The van der Waals surface area contributed by atoms with Crippen LogP contribution in [-0.4, -0.2) is 30.4 Å². The number of aryl methyl sites for hydroxylation is 1. The van der Waals surface area contributed by atoms with Crippen molar-refractivity contribution in [2.45, 2.75) is 39.7 Å². The molecule has 128 valence electrons. The number of carbonyl (C=O) groups is 2. The van der Waals surface area contributed by atoms with Crippen LogP contribution in [0.4, 0.5) is 5.69 Å². The summed E-state index contributed by atoms with van der Waals surface area (Å²) in [5.74, 6) is -0.422. The number of benzene rings is 1. The molecule has 0 aromatic heterocycles. The number of anilines is 1. The first-order valence-electron chi connectivity index (χ1n) is 7.64. The molecule has 2 amide bonds. The van der Waals surface area contributed by atoms with Crippen molar-refractivity contribution in [1.82, 2.24) is 5.32 Å². The molecule has 0 radical (unpaired) electrons. The lowest BCUT2D eigenvalue weighted by Gasteiger charge is -2.26. The number of amides is 2. The lowest BCUT2D eigenvalue weighted by atomic mass is 10.0. The topological polar surface area (TPSA) is 75.4 Å². The fourth-order valence-corrected chi connectivity index (χ4v) is 2.63. The fraction of sp³-hybridized carbons (Fsp3) is 0.529. The van der Waals surface area contributed by atoms with Gasteiger partial charge in [-0.1, -0.05) is 12.1 Å². The van der Waals surface area contributed by atoms with Crippen molar-refractivity contribution in [2.24, 2.45) is 11.7 Å². The summed E-state index contributed by atoms with van der Waals surface area (Å²) in [6, 6.07) is 5.90. The zero-order valence-corrected chi connectivity index (χ0v) is 15.0.